The van der Waals surface area contributed by atoms with E-state index in [1.165, 1.54) is 0 Å². The van der Waals surface area contributed by atoms with Crippen LogP contribution in [0.15, 0.2) is 23.7 Å². The van der Waals surface area contributed by atoms with Crippen LogP contribution < -0.4 is 4.90 Å². The van der Waals surface area contributed by atoms with Crippen LogP contribution in [0.4, 0.5) is 5.82 Å². The number of hydrogen-bond acceptors (Lipinski definition) is 6. The van der Waals surface area contributed by atoms with Gasteiger partial charge >= 0.3 is 0 Å². The second-order valence-corrected chi connectivity index (χ2v) is 9.00. The van der Waals surface area contributed by atoms with Gasteiger partial charge in [0.2, 0.25) is 5.91 Å². The van der Waals surface area contributed by atoms with E-state index in [4.69, 9.17) is 11.6 Å². The molecule has 0 saturated carbocycles. The molecule has 2 aliphatic heterocycles. The van der Waals surface area contributed by atoms with E-state index in [9.17, 15) is 4.79 Å². The lowest BCUT2D eigenvalue weighted by molar-refractivity contribution is -0.137. The summed E-state index contributed by atoms with van der Waals surface area (Å²) >= 11 is 7.96. The number of rotatable bonds is 4. The van der Waals surface area contributed by atoms with Crippen LogP contribution in [0.2, 0.25) is 5.02 Å². The van der Waals surface area contributed by atoms with Crippen molar-refractivity contribution in [2.75, 3.05) is 44.2 Å². The minimum atomic E-state index is 0.151. The van der Waals surface area contributed by atoms with Gasteiger partial charge in [0.25, 0.3) is 0 Å². The molecule has 4 heterocycles. The van der Waals surface area contributed by atoms with Crippen molar-refractivity contribution >= 4 is 34.7 Å². The number of halogens is 1. The van der Waals surface area contributed by atoms with Gasteiger partial charge in [0.1, 0.15) is 5.82 Å². The fourth-order valence-electron chi connectivity index (χ4n) is 4.05. The number of pyridine rings is 1. The predicted molar refractivity (Wildman–Crippen MR) is 113 cm³/mol. The number of thiazole rings is 1. The molecule has 2 fully saturated rings. The Morgan fingerprint density at radius 3 is 2.61 bits per heavy atom. The summed E-state index contributed by atoms with van der Waals surface area (Å²) in [6, 6.07) is 3.70. The summed E-state index contributed by atoms with van der Waals surface area (Å²) in [7, 11) is 0. The van der Waals surface area contributed by atoms with Crippen molar-refractivity contribution in [3.8, 4) is 0 Å². The topological polar surface area (TPSA) is 52.6 Å². The second-order valence-electron chi connectivity index (χ2n) is 7.53. The third-order valence-electron chi connectivity index (χ3n) is 5.62. The molecule has 0 radical (unpaired) electrons. The quantitative estimate of drug-likeness (QED) is 0.762. The number of amides is 1. The Bertz CT molecular complexity index is 812. The van der Waals surface area contributed by atoms with Gasteiger partial charge < -0.3 is 9.80 Å². The summed E-state index contributed by atoms with van der Waals surface area (Å²) in [5.41, 5.74) is 1.15. The van der Waals surface area contributed by atoms with Crippen molar-refractivity contribution in [2.24, 2.45) is 5.92 Å². The molecule has 2 aromatic heterocycles. The van der Waals surface area contributed by atoms with E-state index in [1.807, 2.05) is 24.0 Å². The van der Waals surface area contributed by atoms with Gasteiger partial charge in [0.05, 0.1) is 15.7 Å². The Labute approximate surface area is 175 Å². The standard InChI is InChI=1S/C20H26ClN5OS/c1-15-23-17(14-28-15)13-24-7-4-16(5-8-24)20(27)26-11-9-25(10-12-26)19-18(21)3-2-6-22-19/h2-3,6,14,16H,4-5,7-13H2,1H3. The maximum absolute atomic E-state index is 13.0. The van der Waals surface area contributed by atoms with Gasteiger partial charge in [-0.3, -0.25) is 9.69 Å². The summed E-state index contributed by atoms with van der Waals surface area (Å²) in [5.74, 6) is 1.29. The van der Waals surface area contributed by atoms with Gasteiger partial charge in [-0.1, -0.05) is 11.6 Å². The van der Waals surface area contributed by atoms with Gasteiger partial charge in [0, 0.05) is 50.2 Å². The van der Waals surface area contributed by atoms with Crippen LogP contribution in [0.1, 0.15) is 23.5 Å². The maximum Gasteiger partial charge on any atom is 0.225 e. The van der Waals surface area contributed by atoms with Crippen LogP contribution >= 0.6 is 22.9 Å². The van der Waals surface area contributed by atoms with Crippen molar-refractivity contribution < 1.29 is 4.79 Å². The van der Waals surface area contributed by atoms with Crippen LogP contribution in [0.5, 0.6) is 0 Å². The summed E-state index contributed by atoms with van der Waals surface area (Å²) in [6.45, 7) is 7.92. The molecule has 1 amide bonds. The van der Waals surface area contributed by atoms with Crippen LogP contribution in [-0.2, 0) is 11.3 Å². The van der Waals surface area contributed by atoms with Gasteiger partial charge in [-0.15, -0.1) is 11.3 Å². The highest BCUT2D eigenvalue weighted by molar-refractivity contribution is 7.09. The lowest BCUT2D eigenvalue weighted by atomic mass is 9.95. The fraction of sp³-hybridized carbons (Fsp3) is 0.550. The zero-order valence-electron chi connectivity index (χ0n) is 16.2. The molecule has 0 aromatic carbocycles. The van der Waals surface area contributed by atoms with Gasteiger partial charge in [-0.2, -0.15) is 0 Å². The number of piperidine rings is 1. The first-order chi connectivity index (χ1) is 13.6. The number of likely N-dealkylation sites (tertiary alicyclic amines) is 1. The van der Waals surface area contributed by atoms with E-state index >= 15 is 0 Å². The summed E-state index contributed by atoms with van der Waals surface area (Å²) < 4.78 is 0. The Morgan fingerprint density at radius 1 is 1.21 bits per heavy atom. The number of carbonyl (C=O) groups excluding carboxylic acids is 1. The highest BCUT2D eigenvalue weighted by Crippen LogP contribution is 2.25. The monoisotopic (exact) mass is 419 g/mol. The number of hydrogen-bond donors (Lipinski definition) is 0. The molecule has 150 valence electrons. The number of aryl methyl sites for hydroxylation is 1. The van der Waals surface area contributed by atoms with Crippen LogP contribution in [0, 0.1) is 12.8 Å². The minimum absolute atomic E-state index is 0.151. The molecule has 6 nitrogen and oxygen atoms in total. The van der Waals surface area contributed by atoms with Crippen LogP contribution in [0.3, 0.4) is 0 Å². The summed E-state index contributed by atoms with van der Waals surface area (Å²) in [6.07, 6.45) is 3.64. The molecule has 8 heteroatoms. The van der Waals surface area contributed by atoms with E-state index in [0.29, 0.717) is 10.9 Å². The Balaban J connectivity index is 1.25. The molecule has 2 aromatic rings. The van der Waals surface area contributed by atoms with Crippen molar-refractivity contribution in [1.82, 2.24) is 19.8 Å². The molecule has 0 aliphatic carbocycles. The van der Waals surface area contributed by atoms with E-state index in [0.717, 1.165) is 75.2 Å². The third kappa shape index (κ3) is 4.47. The molecular formula is C20H26ClN5OS. The molecule has 2 saturated heterocycles. The van der Waals surface area contributed by atoms with Crippen LogP contribution in [0.25, 0.3) is 0 Å². The minimum Gasteiger partial charge on any atom is -0.352 e. The third-order valence-corrected chi connectivity index (χ3v) is 6.74. The molecule has 2 aliphatic rings. The first-order valence-electron chi connectivity index (χ1n) is 9.88. The average Bonchev–Trinajstić information content (AvgIpc) is 3.13. The Hall–Kier alpha value is -1.70. The summed E-state index contributed by atoms with van der Waals surface area (Å²) in [5, 5.41) is 3.93. The number of anilines is 1. The zero-order chi connectivity index (χ0) is 19.5. The fourth-order valence-corrected chi connectivity index (χ4v) is 4.90. The molecule has 0 spiro atoms. The van der Waals surface area contributed by atoms with E-state index in [1.54, 1.807) is 17.5 Å². The Kier molecular flexibility index (Phi) is 6.13. The highest BCUT2D eigenvalue weighted by atomic mass is 35.5. The lowest BCUT2D eigenvalue weighted by Crippen LogP contribution is -2.51. The smallest absolute Gasteiger partial charge is 0.225 e. The van der Waals surface area contributed by atoms with E-state index < -0.39 is 0 Å². The number of aromatic nitrogens is 2. The largest absolute Gasteiger partial charge is 0.352 e. The maximum atomic E-state index is 13.0. The highest BCUT2D eigenvalue weighted by Gasteiger charge is 2.31. The first kappa shape index (κ1) is 19.6. The molecule has 28 heavy (non-hydrogen) atoms. The molecule has 0 bridgehead atoms. The number of nitrogens with zero attached hydrogens (tertiary/aromatic N) is 5. The normalized spacial score (nSPS) is 19.2. The second kappa shape index (κ2) is 8.76. The van der Waals surface area contributed by atoms with Crippen molar-refractivity contribution in [1.29, 1.82) is 0 Å². The Morgan fingerprint density at radius 2 is 1.96 bits per heavy atom. The zero-order valence-corrected chi connectivity index (χ0v) is 17.8. The molecule has 0 N–H and O–H groups in total. The van der Waals surface area contributed by atoms with Crippen molar-refractivity contribution in [3.05, 3.63) is 39.4 Å². The SMILES string of the molecule is Cc1nc(CN2CCC(C(=O)N3CCN(c4ncccc4Cl)CC3)CC2)cs1. The first-order valence-corrected chi connectivity index (χ1v) is 11.1. The van der Waals surface area contributed by atoms with Gasteiger partial charge in [0.15, 0.2) is 0 Å². The molecule has 0 unspecified atom stereocenters. The van der Waals surface area contributed by atoms with Crippen LogP contribution in [-0.4, -0.2) is 64.9 Å². The van der Waals surface area contributed by atoms with Crippen molar-refractivity contribution in [2.45, 2.75) is 26.3 Å². The van der Waals surface area contributed by atoms with Crippen molar-refractivity contribution in [3.63, 3.8) is 0 Å². The summed E-state index contributed by atoms with van der Waals surface area (Å²) in [4.78, 5) is 28.5. The van der Waals surface area contributed by atoms with E-state index in [2.05, 4.69) is 25.1 Å². The van der Waals surface area contributed by atoms with Gasteiger partial charge in [-0.05, 0) is 45.0 Å². The number of piperazine rings is 1. The number of carbonyl (C=O) groups is 1. The predicted octanol–water partition coefficient (Wildman–Crippen LogP) is 3.06. The van der Waals surface area contributed by atoms with Gasteiger partial charge in [-0.25, -0.2) is 9.97 Å². The van der Waals surface area contributed by atoms with E-state index in [-0.39, 0.29) is 5.92 Å². The molecule has 4 rings (SSSR count). The lowest BCUT2D eigenvalue weighted by Gasteiger charge is -2.39. The molecular weight excluding hydrogens is 394 g/mol. The average molecular weight is 420 g/mol. The molecule has 0 atom stereocenters.